The number of thiol groups is 1. The van der Waals surface area contributed by atoms with Gasteiger partial charge in [-0.3, -0.25) is 0 Å². The van der Waals surface area contributed by atoms with Crippen LogP contribution in [0.2, 0.25) is 0 Å². The third-order valence-corrected chi connectivity index (χ3v) is 2.28. The first-order valence-electron chi connectivity index (χ1n) is 3.73. The van der Waals surface area contributed by atoms with E-state index in [4.69, 9.17) is 4.74 Å². The van der Waals surface area contributed by atoms with Crippen LogP contribution in [0.25, 0.3) is 0 Å². The van der Waals surface area contributed by atoms with Gasteiger partial charge in [-0.1, -0.05) is 30.3 Å². The fraction of sp³-hybridized carbons (Fsp3) is 0.250. The highest BCUT2D eigenvalue weighted by molar-refractivity contribution is 7.81. The second-order valence-corrected chi connectivity index (χ2v) is 3.23. The molecule has 0 saturated carbocycles. The second kappa shape index (κ2) is 3.06. The van der Waals surface area contributed by atoms with Crippen LogP contribution in [0, 0.1) is 0 Å². The Morgan fingerprint density at radius 3 is 2.67 bits per heavy atom. The summed E-state index contributed by atoms with van der Waals surface area (Å²) < 4.78 is 5.37. The van der Waals surface area contributed by atoms with Crippen molar-refractivity contribution in [3.05, 3.63) is 35.9 Å². The first kappa shape index (κ1) is 8.07. The minimum atomic E-state index is -0.679. The minimum Gasteiger partial charge on any atom is -0.329 e. The average Bonchev–Trinajstić information content (AvgIpc) is 2.55. The van der Waals surface area contributed by atoms with Gasteiger partial charge in [0.1, 0.15) is 6.73 Å². The Kier molecular flexibility index (Phi) is 2.06. The van der Waals surface area contributed by atoms with E-state index in [1.54, 1.807) is 0 Å². The van der Waals surface area contributed by atoms with Gasteiger partial charge in [0.15, 0.2) is 0 Å². The Morgan fingerprint density at radius 1 is 1.33 bits per heavy atom. The lowest BCUT2D eigenvalue weighted by molar-refractivity contribution is 0.0701. The molecule has 1 aromatic rings. The molecule has 1 aliphatic heterocycles. The van der Waals surface area contributed by atoms with Gasteiger partial charge in [-0.05, 0) is 0 Å². The van der Waals surface area contributed by atoms with E-state index < -0.39 is 5.06 Å². The van der Waals surface area contributed by atoms with Crippen LogP contribution in [0.1, 0.15) is 5.56 Å². The van der Waals surface area contributed by atoms with Crippen molar-refractivity contribution in [2.75, 3.05) is 6.73 Å². The monoisotopic (exact) mass is 182 g/mol. The van der Waals surface area contributed by atoms with Gasteiger partial charge >= 0.3 is 0 Å². The SMILES string of the molecule is SC1(c2ccccc2)NNCO1. The number of hydrogen-bond acceptors (Lipinski definition) is 4. The van der Waals surface area contributed by atoms with Crippen LogP contribution in [-0.2, 0) is 9.79 Å². The maximum Gasteiger partial charge on any atom is 0.204 e. The highest BCUT2D eigenvalue weighted by Crippen LogP contribution is 2.27. The lowest BCUT2D eigenvalue weighted by atomic mass is 10.2. The third-order valence-electron chi connectivity index (χ3n) is 1.78. The van der Waals surface area contributed by atoms with Crippen LogP contribution >= 0.6 is 12.6 Å². The van der Waals surface area contributed by atoms with E-state index in [1.165, 1.54) is 0 Å². The van der Waals surface area contributed by atoms with E-state index >= 15 is 0 Å². The molecule has 1 aromatic carbocycles. The highest BCUT2D eigenvalue weighted by atomic mass is 32.1. The third kappa shape index (κ3) is 1.34. The fourth-order valence-corrected chi connectivity index (χ4v) is 1.44. The van der Waals surface area contributed by atoms with Crippen molar-refractivity contribution in [2.45, 2.75) is 5.06 Å². The first-order chi connectivity index (χ1) is 5.81. The molecule has 1 atom stereocenters. The van der Waals surface area contributed by atoms with E-state index in [0.29, 0.717) is 6.73 Å². The fourth-order valence-electron chi connectivity index (χ4n) is 1.15. The molecule has 0 spiro atoms. The summed E-state index contributed by atoms with van der Waals surface area (Å²) in [5.41, 5.74) is 6.80. The predicted molar refractivity (Wildman–Crippen MR) is 49.3 cm³/mol. The molecule has 1 fully saturated rings. The largest absolute Gasteiger partial charge is 0.329 e. The number of hydrogen-bond donors (Lipinski definition) is 3. The molecule has 4 heteroatoms. The Hall–Kier alpha value is -0.550. The lowest BCUT2D eigenvalue weighted by Gasteiger charge is -2.21. The maximum atomic E-state index is 5.37. The van der Waals surface area contributed by atoms with Crippen LogP contribution < -0.4 is 10.9 Å². The van der Waals surface area contributed by atoms with Gasteiger partial charge in [0.25, 0.3) is 0 Å². The summed E-state index contributed by atoms with van der Waals surface area (Å²) in [5.74, 6) is 0. The predicted octanol–water partition coefficient (Wildman–Crippen LogP) is 0.809. The molecule has 64 valence electrons. The zero-order valence-electron chi connectivity index (χ0n) is 6.45. The first-order valence-corrected chi connectivity index (χ1v) is 4.18. The Morgan fingerprint density at radius 2 is 2.08 bits per heavy atom. The normalized spacial score (nSPS) is 29.1. The van der Waals surface area contributed by atoms with Crippen LogP contribution in [0.4, 0.5) is 0 Å². The van der Waals surface area contributed by atoms with Gasteiger partial charge in [0.05, 0.1) is 0 Å². The molecular weight excluding hydrogens is 172 g/mol. The Labute approximate surface area is 76.5 Å². The molecule has 0 aromatic heterocycles. The molecule has 3 nitrogen and oxygen atoms in total. The summed E-state index contributed by atoms with van der Waals surface area (Å²) in [7, 11) is 0. The molecule has 0 amide bonds. The summed E-state index contributed by atoms with van der Waals surface area (Å²) in [4.78, 5) is 0. The number of hydrazine groups is 1. The van der Waals surface area contributed by atoms with E-state index in [9.17, 15) is 0 Å². The molecule has 1 aliphatic rings. The maximum absolute atomic E-state index is 5.37. The second-order valence-electron chi connectivity index (χ2n) is 2.60. The number of nitrogens with one attached hydrogen (secondary N) is 2. The lowest BCUT2D eigenvalue weighted by Crippen LogP contribution is -2.37. The van der Waals surface area contributed by atoms with Gasteiger partial charge in [-0.25, -0.2) is 10.9 Å². The van der Waals surface area contributed by atoms with Crippen LogP contribution in [0.5, 0.6) is 0 Å². The van der Waals surface area contributed by atoms with Crippen molar-refractivity contribution in [3.8, 4) is 0 Å². The summed E-state index contributed by atoms with van der Waals surface area (Å²) in [6, 6.07) is 9.80. The summed E-state index contributed by atoms with van der Waals surface area (Å²) in [6.45, 7) is 0.471. The standard InChI is InChI=1S/C8H10N2OS/c12-8(10-9-6-11-8)7-4-2-1-3-5-7/h1-5,9-10,12H,6H2. The highest BCUT2D eigenvalue weighted by Gasteiger charge is 2.32. The van der Waals surface area contributed by atoms with Gasteiger partial charge in [0, 0.05) is 5.56 Å². The molecule has 0 aliphatic carbocycles. The van der Waals surface area contributed by atoms with Crippen molar-refractivity contribution >= 4 is 12.6 Å². The van der Waals surface area contributed by atoms with Crippen molar-refractivity contribution in [1.29, 1.82) is 0 Å². The quantitative estimate of drug-likeness (QED) is 0.562. The summed E-state index contributed by atoms with van der Waals surface area (Å²) >= 11 is 4.37. The molecule has 1 heterocycles. The Balaban J connectivity index is 2.29. The van der Waals surface area contributed by atoms with E-state index in [1.807, 2.05) is 30.3 Å². The average molecular weight is 182 g/mol. The molecule has 0 radical (unpaired) electrons. The summed E-state index contributed by atoms with van der Waals surface area (Å²) in [6.07, 6.45) is 0. The smallest absolute Gasteiger partial charge is 0.204 e. The van der Waals surface area contributed by atoms with Crippen molar-refractivity contribution < 1.29 is 4.74 Å². The molecule has 1 unspecified atom stereocenters. The number of benzene rings is 1. The van der Waals surface area contributed by atoms with Crippen LogP contribution in [0.3, 0.4) is 0 Å². The zero-order chi connectivity index (χ0) is 8.44. The van der Waals surface area contributed by atoms with Gasteiger partial charge in [-0.2, -0.15) is 0 Å². The molecule has 2 rings (SSSR count). The topological polar surface area (TPSA) is 33.3 Å². The molecule has 2 N–H and O–H groups in total. The van der Waals surface area contributed by atoms with Gasteiger partial charge < -0.3 is 4.74 Å². The Bertz CT molecular complexity index is 259. The van der Waals surface area contributed by atoms with E-state index in [0.717, 1.165) is 5.56 Å². The van der Waals surface area contributed by atoms with Crippen molar-refractivity contribution in [2.24, 2.45) is 0 Å². The molecule has 0 bridgehead atoms. The number of ether oxygens (including phenoxy) is 1. The van der Waals surface area contributed by atoms with E-state index in [-0.39, 0.29) is 0 Å². The van der Waals surface area contributed by atoms with E-state index in [2.05, 4.69) is 23.5 Å². The van der Waals surface area contributed by atoms with Gasteiger partial charge in [0.2, 0.25) is 5.06 Å². The molecular formula is C8H10N2OS. The molecule has 1 saturated heterocycles. The summed E-state index contributed by atoms with van der Waals surface area (Å²) in [5, 5.41) is -0.679. The van der Waals surface area contributed by atoms with Crippen molar-refractivity contribution in [1.82, 2.24) is 10.9 Å². The van der Waals surface area contributed by atoms with Gasteiger partial charge in [-0.15, -0.1) is 12.6 Å². The molecule has 12 heavy (non-hydrogen) atoms. The van der Waals surface area contributed by atoms with Crippen molar-refractivity contribution in [3.63, 3.8) is 0 Å². The zero-order valence-corrected chi connectivity index (χ0v) is 7.34. The van der Waals surface area contributed by atoms with Crippen LogP contribution in [0.15, 0.2) is 30.3 Å². The number of rotatable bonds is 1. The minimum absolute atomic E-state index is 0.471. The van der Waals surface area contributed by atoms with Crippen LogP contribution in [-0.4, -0.2) is 6.73 Å².